The van der Waals surface area contributed by atoms with Crippen LogP contribution in [0.1, 0.15) is 36.2 Å². The molecule has 96 valence electrons. The number of carbonyl (C=O) groups is 1. The minimum atomic E-state index is -0.0648. The first-order valence-corrected chi connectivity index (χ1v) is 6.01. The van der Waals surface area contributed by atoms with Gasteiger partial charge in [0.2, 0.25) is 0 Å². The molecule has 0 saturated carbocycles. The van der Waals surface area contributed by atoms with Gasteiger partial charge in [-0.25, -0.2) is 0 Å². The molecule has 4 heteroatoms. The number of nitrogens with two attached hydrogens (primary N) is 1. The van der Waals surface area contributed by atoms with E-state index in [2.05, 4.69) is 6.07 Å². The summed E-state index contributed by atoms with van der Waals surface area (Å²) in [6.07, 6.45) is 0.339. The molecular weight excluding hydrogens is 226 g/mol. The summed E-state index contributed by atoms with van der Waals surface area (Å²) >= 11 is 0. The topological polar surface area (TPSA) is 70.1 Å². The summed E-state index contributed by atoms with van der Waals surface area (Å²) in [5.41, 5.74) is 7.81. The number of hydrogen-bond acceptors (Lipinski definition) is 3. The van der Waals surface area contributed by atoms with Gasteiger partial charge < -0.3 is 10.6 Å². The molecule has 0 aliphatic rings. The van der Waals surface area contributed by atoms with Crippen LogP contribution in [0.5, 0.6) is 0 Å². The Morgan fingerprint density at radius 2 is 2.17 bits per heavy atom. The Hall–Kier alpha value is -2.02. The molecule has 0 aromatic heterocycles. The highest BCUT2D eigenvalue weighted by atomic mass is 16.2. The van der Waals surface area contributed by atoms with Gasteiger partial charge in [0.05, 0.1) is 12.5 Å². The number of carbonyl (C=O) groups excluding carboxylic acids is 1. The summed E-state index contributed by atoms with van der Waals surface area (Å²) in [4.78, 5) is 14.1. The lowest BCUT2D eigenvalue weighted by Crippen LogP contribution is -2.38. The number of hydrogen-bond donors (Lipinski definition) is 1. The van der Waals surface area contributed by atoms with E-state index in [4.69, 9.17) is 11.0 Å². The van der Waals surface area contributed by atoms with Crippen molar-refractivity contribution in [2.75, 3.05) is 12.3 Å². The van der Waals surface area contributed by atoms with Crippen LogP contribution < -0.4 is 5.73 Å². The molecule has 0 atom stereocenters. The molecule has 0 fully saturated rings. The van der Waals surface area contributed by atoms with Crippen molar-refractivity contribution in [1.29, 1.82) is 5.26 Å². The number of nitrogen functional groups attached to an aromatic ring is 1. The van der Waals surface area contributed by atoms with E-state index < -0.39 is 0 Å². The SMILES string of the molecule is Cc1ccc(N)cc1C(=O)N(CCC#N)C(C)C. The van der Waals surface area contributed by atoms with Gasteiger partial charge in [0.1, 0.15) is 0 Å². The van der Waals surface area contributed by atoms with E-state index in [-0.39, 0.29) is 11.9 Å². The predicted molar refractivity (Wildman–Crippen MR) is 72.0 cm³/mol. The van der Waals surface area contributed by atoms with E-state index in [0.717, 1.165) is 5.56 Å². The van der Waals surface area contributed by atoms with Crippen LogP contribution in [0.25, 0.3) is 0 Å². The average molecular weight is 245 g/mol. The fourth-order valence-corrected chi connectivity index (χ4v) is 1.79. The van der Waals surface area contributed by atoms with Crippen molar-refractivity contribution >= 4 is 11.6 Å². The first kappa shape index (κ1) is 14.0. The Morgan fingerprint density at radius 1 is 1.50 bits per heavy atom. The van der Waals surface area contributed by atoms with Crippen LogP contribution in [0.4, 0.5) is 5.69 Å². The van der Waals surface area contributed by atoms with Crippen molar-refractivity contribution in [3.8, 4) is 6.07 Å². The highest BCUT2D eigenvalue weighted by Gasteiger charge is 2.20. The van der Waals surface area contributed by atoms with Crippen LogP contribution in [-0.2, 0) is 0 Å². The number of benzene rings is 1. The van der Waals surface area contributed by atoms with Gasteiger partial charge in [0, 0.05) is 23.8 Å². The lowest BCUT2D eigenvalue weighted by atomic mass is 10.1. The highest BCUT2D eigenvalue weighted by molar-refractivity contribution is 5.96. The summed E-state index contributed by atoms with van der Waals surface area (Å²) in [6, 6.07) is 7.44. The minimum absolute atomic E-state index is 0.0617. The van der Waals surface area contributed by atoms with E-state index >= 15 is 0 Å². The molecule has 0 aliphatic carbocycles. The van der Waals surface area contributed by atoms with E-state index in [1.165, 1.54) is 0 Å². The van der Waals surface area contributed by atoms with E-state index in [9.17, 15) is 4.79 Å². The van der Waals surface area contributed by atoms with Crippen molar-refractivity contribution in [2.24, 2.45) is 0 Å². The molecule has 1 rings (SSSR count). The van der Waals surface area contributed by atoms with Crippen LogP contribution >= 0.6 is 0 Å². The largest absolute Gasteiger partial charge is 0.399 e. The number of amides is 1. The number of anilines is 1. The van der Waals surface area contributed by atoms with Crippen LogP contribution in [0.2, 0.25) is 0 Å². The van der Waals surface area contributed by atoms with Gasteiger partial charge in [-0.1, -0.05) is 6.07 Å². The van der Waals surface area contributed by atoms with Crippen molar-refractivity contribution < 1.29 is 4.79 Å². The van der Waals surface area contributed by atoms with Crippen molar-refractivity contribution in [3.05, 3.63) is 29.3 Å². The summed E-state index contributed by atoms with van der Waals surface area (Å²) in [7, 11) is 0. The molecule has 1 aromatic rings. The van der Waals surface area contributed by atoms with Crippen LogP contribution in [0, 0.1) is 18.3 Å². The van der Waals surface area contributed by atoms with Crippen LogP contribution in [0.15, 0.2) is 18.2 Å². The monoisotopic (exact) mass is 245 g/mol. The summed E-state index contributed by atoms with van der Waals surface area (Å²) in [5.74, 6) is -0.0648. The van der Waals surface area contributed by atoms with E-state index in [1.807, 2.05) is 26.8 Å². The molecule has 18 heavy (non-hydrogen) atoms. The van der Waals surface area contributed by atoms with Gasteiger partial charge in [0.25, 0.3) is 5.91 Å². The number of nitrogens with zero attached hydrogens (tertiary/aromatic N) is 2. The molecule has 1 aromatic carbocycles. The van der Waals surface area contributed by atoms with Gasteiger partial charge >= 0.3 is 0 Å². The summed E-state index contributed by atoms with van der Waals surface area (Å²) in [6.45, 7) is 6.21. The normalized spacial score (nSPS) is 10.2. The van der Waals surface area contributed by atoms with Crippen molar-refractivity contribution in [2.45, 2.75) is 33.2 Å². The zero-order valence-electron chi connectivity index (χ0n) is 11.1. The lowest BCUT2D eigenvalue weighted by molar-refractivity contribution is 0.0709. The average Bonchev–Trinajstić information content (AvgIpc) is 2.32. The second-order valence-corrected chi connectivity index (χ2v) is 4.57. The Morgan fingerprint density at radius 3 is 2.72 bits per heavy atom. The van der Waals surface area contributed by atoms with Gasteiger partial charge in [-0.3, -0.25) is 4.79 Å². The predicted octanol–water partition coefficient (Wildman–Crippen LogP) is 2.34. The first-order chi connectivity index (χ1) is 8.47. The number of aryl methyl sites for hydroxylation is 1. The Balaban J connectivity index is 3.02. The maximum atomic E-state index is 12.4. The second-order valence-electron chi connectivity index (χ2n) is 4.57. The van der Waals surface area contributed by atoms with Crippen molar-refractivity contribution in [1.82, 2.24) is 4.90 Å². The number of nitriles is 1. The third-order valence-corrected chi connectivity index (χ3v) is 2.84. The third-order valence-electron chi connectivity index (χ3n) is 2.84. The molecule has 0 bridgehead atoms. The summed E-state index contributed by atoms with van der Waals surface area (Å²) in [5, 5.41) is 8.64. The second kappa shape index (κ2) is 6.06. The fraction of sp³-hybridized carbons (Fsp3) is 0.429. The summed E-state index contributed by atoms with van der Waals surface area (Å²) < 4.78 is 0. The Kier molecular flexibility index (Phi) is 4.73. The molecule has 0 aliphatic heterocycles. The molecule has 0 radical (unpaired) electrons. The number of rotatable bonds is 4. The maximum Gasteiger partial charge on any atom is 0.254 e. The van der Waals surface area contributed by atoms with Gasteiger partial charge in [0.15, 0.2) is 0 Å². The molecule has 2 N–H and O–H groups in total. The van der Waals surface area contributed by atoms with Crippen LogP contribution in [-0.4, -0.2) is 23.4 Å². The molecular formula is C14H19N3O. The Bertz CT molecular complexity index is 474. The third kappa shape index (κ3) is 3.24. The van der Waals surface area contributed by atoms with E-state index in [0.29, 0.717) is 24.2 Å². The molecule has 0 saturated heterocycles. The highest BCUT2D eigenvalue weighted by Crippen LogP contribution is 2.16. The zero-order chi connectivity index (χ0) is 13.7. The molecule has 4 nitrogen and oxygen atoms in total. The molecule has 0 spiro atoms. The Labute approximate surface area is 108 Å². The fourth-order valence-electron chi connectivity index (χ4n) is 1.79. The smallest absolute Gasteiger partial charge is 0.254 e. The van der Waals surface area contributed by atoms with Gasteiger partial charge in [-0.2, -0.15) is 5.26 Å². The van der Waals surface area contributed by atoms with Crippen molar-refractivity contribution in [3.63, 3.8) is 0 Å². The standard InChI is InChI=1S/C14H19N3O/c1-10(2)17(8-4-7-15)14(18)13-9-12(16)6-5-11(13)3/h5-6,9-10H,4,8,16H2,1-3H3. The van der Waals surface area contributed by atoms with Crippen LogP contribution in [0.3, 0.4) is 0 Å². The quantitative estimate of drug-likeness (QED) is 0.828. The van der Waals surface area contributed by atoms with Gasteiger partial charge in [-0.15, -0.1) is 0 Å². The van der Waals surface area contributed by atoms with Gasteiger partial charge in [-0.05, 0) is 38.5 Å². The zero-order valence-corrected chi connectivity index (χ0v) is 11.1. The lowest BCUT2D eigenvalue weighted by Gasteiger charge is -2.26. The minimum Gasteiger partial charge on any atom is -0.399 e. The van der Waals surface area contributed by atoms with E-state index in [1.54, 1.807) is 17.0 Å². The first-order valence-electron chi connectivity index (χ1n) is 6.01. The molecule has 0 unspecified atom stereocenters. The molecule has 0 heterocycles. The molecule has 1 amide bonds. The maximum absolute atomic E-state index is 12.4.